The average Bonchev–Trinajstić information content (AvgIpc) is 2.56. The second-order valence-electron chi connectivity index (χ2n) is 6.24. The lowest BCUT2D eigenvalue weighted by Crippen LogP contribution is -2.60. The number of unbranched alkanes of at least 4 members (excludes halogenated alkanes) is 1. The predicted octanol–water partition coefficient (Wildman–Crippen LogP) is 4.03. The smallest absolute Gasteiger partial charge is 0.130 e. The van der Waals surface area contributed by atoms with Crippen molar-refractivity contribution >= 4 is 24.2 Å². The van der Waals surface area contributed by atoms with Crippen LogP contribution in [0.4, 0.5) is 0 Å². The molecule has 0 radical (unpaired) electrons. The molecule has 0 aliphatic heterocycles. The van der Waals surface area contributed by atoms with E-state index in [4.69, 9.17) is 0 Å². The molecule has 1 unspecified atom stereocenters. The Labute approximate surface area is 135 Å². The second kappa shape index (κ2) is 7.55. The van der Waals surface area contributed by atoms with Crippen molar-refractivity contribution < 1.29 is 4.79 Å². The number of carbonyl (C=O) groups excluding carboxylic acids is 1. The number of rotatable bonds is 7. The van der Waals surface area contributed by atoms with Gasteiger partial charge in [-0.15, -0.1) is 0 Å². The van der Waals surface area contributed by atoms with E-state index in [1.165, 1.54) is 10.4 Å². The highest BCUT2D eigenvalue weighted by Gasteiger charge is 2.42. The standard InChI is InChI=1S/C20H26OSi/c1-4-5-16-20(17(2)21)22(3,18-12-8-6-9-13-18)19-14-10-7-11-15-19/h6-15,20H,4-5,16H2,1-3H3. The molecule has 0 spiro atoms. The summed E-state index contributed by atoms with van der Waals surface area (Å²) in [5, 5.41) is 2.72. The number of benzene rings is 2. The predicted molar refractivity (Wildman–Crippen MR) is 97.7 cm³/mol. The second-order valence-corrected chi connectivity index (χ2v) is 10.5. The molecule has 0 heterocycles. The molecule has 0 fully saturated rings. The maximum atomic E-state index is 12.5. The molecule has 0 saturated heterocycles. The molecule has 2 heteroatoms. The van der Waals surface area contributed by atoms with Crippen molar-refractivity contribution in [2.75, 3.05) is 0 Å². The van der Waals surface area contributed by atoms with Gasteiger partial charge < -0.3 is 4.79 Å². The Bertz CT molecular complexity index is 552. The van der Waals surface area contributed by atoms with Crippen LogP contribution in [0.5, 0.6) is 0 Å². The lowest BCUT2D eigenvalue weighted by molar-refractivity contribution is -0.117. The molecule has 1 atom stereocenters. The minimum atomic E-state index is -2.08. The van der Waals surface area contributed by atoms with Gasteiger partial charge in [-0.2, -0.15) is 0 Å². The molecule has 2 aromatic rings. The van der Waals surface area contributed by atoms with Gasteiger partial charge in [0.1, 0.15) is 13.9 Å². The molecule has 0 aliphatic rings. The van der Waals surface area contributed by atoms with E-state index in [0.29, 0.717) is 5.78 Å². The van der Waals surface area contributed by atoms with Gasteiger partial charge in [-0.1, -0.05) is 97.3 Å². The van der Waals surface area contributed by atoms with Gasteiger partial charge in [0.05, 0.1) is 0 Å². The van der Waals surface area contributed by atoms with Crippen molar-refractivity contribution in [3.63, 3.8) is 0 Å². The van der Waals surface area contributed by atoms with Crippen LogP contribution in [0.2, 0.25) is 12.1 Å². The summed E-state index contributed by atoms with van der Waals surface area (Å²) in [5.41, 5.74) is 0.150. The van der Waals surface area contributed by atoms with E-state index in [2.05, 4.69) is 74.1 Å². The average molecular weight is 311 g/mol. The first-order valence-electron chi connectivity index (χ1n) is 8.22. The zero-order valence-electron chi connectivity index (χ0n) is 13.9. The maximum Gasteiger partial charge on any atom is 0.130 e. The van der Waals surface area contributed by atoms with Gasteiger partial charge in [0.2, 0.25) is 0 Å². The first-order chi connectivity index (χ1) is 10.6. The molecule has 0 amide bonds. The van der Waals surface area contributed by atoms with E-state index in [-0.39, 0.29) is 5.54 Å². The molecular formula is C20H26OSi. The van der Waals surface area contributed by atoms with Gasteiger partial charge >= 0.3 is 0 Å². The van der Waals surface area contributed by atoms with E-state index in [0.717, 1.165) is 19.3 Å². The van der Waals surface area contributed by atoms with Crippen LogP contribution in [0.3, 0.4) is 0 Å². The van der Waals surface area contributed by atoms with Crippen molar-refractivity contribution in [3.8, 4) is 0 Å². The number of Topliss-reactive ketones (excluding diaryl/α,β-unsaturated/α-hetero) is 1. The molecule has 1 nitrogen and oxygen atoms in total. The van der Waals surface area contributed by atoms with Crippen LogP contribution in [0.1, 0.15) is 33.1 Å². The first kappa shape index (κ1) is 16.7. The SMILES string of the molecule is CCCCC(C(C)=O)[Si](C)(c1ccccc1)c1ccccc1. The summed E-state index contributed by atoms with van der Waals surface area (Å²) in [5.74, 6) is 0.343. The summed E-state index contributed by atoms with van der Waals surface area (Å²) in [6.45, 7) is 6.33. The molecule has 22 heavy (non-hydrogen) atoms. The molecule has 2 aromatic carbocycles. The van der Waals surface area contributed by atoms with Crippen LogP contribution >= 0.6 is 0 Å². The summed E-state index contributed by atoms with van der Waals surface area (Å²) in [6.07, 6.45) is 3.25. The zero-order chi connectivity index (χ0) is 16.0. The van der Waals surface area contributed by atoms with Crippen LogP contribution in [-0.4, -0.2) is 13.9 Å². The van der Waals surface area contributed by atoms with Crippen molar-refractivity contribution in [3.05, 3.63) is 60.7 Å². The number of ketones is 1. The van der Waals surface area contributed by atoms with Crippen LogP contribution in [0.15, 0.2) is 60.7 Å². The van der Waals surface area contributed by atoms with E-state index >= 15 is 0 Å². The summed E-state index contributed by atoms with van der Waals surface area (Å²) in [6, 6.07) is 21.3. The molecular weight excluding hydrogens is 284 g/mol. The third kappa shape index (κ3) is 3.38. The zero-order valence-corrected chi connectivity index (χ0v) is 14.9. The highest BCUT2D eigenvalue weighted by molar-refractivity contribution is 7.04. The molecule has 0 N–H and O–H groups in total. The molecule has 0 saturated carbocycles. The Balaban J connectivity index is 2.56. The Hall–Kier alpha value is -1.67. The molecule has 0 aromatic heterocycles. The topological polar surface area (TPSA) is 17.1 Å². The van der Waals surface area contributed by atoms with E-state index in [1.807, 2.05) is 0 Å². The third-order valence-electron chi connectivity index (χ3n) is 4.78. The Kier molecular flexibility index (Phi) is 5.73. The van der Waals surface area contributed by atoms with Crippen LogP contribution < -0.4 is 10.4 Å². The number of hydrogen-bond acceptors (Lipinski definition) is 1. The quantitative estimate of drug-likeness (QED) is 0.706. The summed E-state index contributed by atoms with van der Waals surface area (Å²) >= 11 is 0. The van der Waals surface area contributed by atoms with Gasteiger partial charge in [-0.05, 0) is 13.3 Å². The summed E-state index contributed by atoms with van der Waals surface area (Å²) in [4.78, 5) is 12.5. The van der Waals surface area contributed by atoms with E-state index in [9.17, 15) is 4.79 Å². The van der Waals surface area contributed by atoms with Crippen molar-refractivity contribution in [1.82, 2.24) is 0 Å². The Morgan fingerprint density at radius 1 is 0.955 bits per heavy atom. The fourth-order valence-electron chi connectivity index (χ4n) is 3.44. The largest absolute Gasteiger partial charge is 0.300 e. The van der Waals surface area contributed by atoms with Gasteiger partial charge in [0.25, 0.3) is 0 Å². The van der Waals surface area contributed by atoms with Gasteiger partial charge in [-0.3, -0.25) is 0 Å². The maximum absolute atomic E-state index is 12.5. The Morgan fingerprint density at radius 2 is 1.41 bits per heavy atom. The molecule has 2 rings (SSSR count). The van der Waals surface area contributed by atoms with Gasteiger partial charge in [0, 0.05) is 5.54 Å². The lowest BCUT2D eigenvalue weighted by Gasteiger charge is -2.35. The van der Waals surface area contributed by atoms with E-state index < -0.39 is 8.07 Å². The summed E-state index contributed by atoms with van der Waals surface area (Å²) in [7, 11) is -2.08. The Morgan fingerprint density at radius 3 is 1.77 bits per heavy atom. The first-order valence-corrected chi connectivity index (χ1v) is 10.8. The molecule has 0 aliphatic carbocycles. The van der Waals surface area contributed by atoms with Crippen molar-refractivity contribution in [1.29, 1.82) is 0 Å². The lowest BCUT2D eigenvalue weighted by atomic mass is 10.1. The van der Waals surface area contributed by atoms with Gasteiger partial charge in [-0.25, -0.2) is 0 Å². The fourth-order valence-corrected chi connectivity index (χ4v) is 7.95. The highest BCUT2D eigenvalue weighted by atomic mass is 28.3. The number of carbonyl (C=O) groups is 1. The highest BCUT2D eigenvalue weighted by Crippen LogP contribution is 2.28. The monoisotopic (exact) mass is 310 g/mol. The minimum absolute atomic E-state index is 0.150. The summed E-state index contributed by atoms with van der Waals surface area (Å²) < 4.78 is 0. The van der Waals surface area contributed by atoms with Crippen molar-refractivity contribution in [2.45, 2.75) is 45.2 Å². The normalized spacial score (nSPS) is 12.9. The third-order valence-corrected chi connectivity index (χ3v) is 9.94. The minimum Gasteiger partial charge on any atom is -0.300 e. The van der Waals surface area contributed by atoms with Crippen molar-refractivity contribution in [2.24, 2.45) is 0 Å². The molecule has 116 valence electrons. The van der Waals surface area contributed by atoms with Crippen LogP contribution in [-0.2, 0) is 4.79 Å². The molecule has 0 bridgehead atoms. The van der Waals surface area contributed by atoms with E-state index in [1.54, 1.807) is 6.92 Å². The van der Waals surface area contributed by atoms with Crippen LogP contribution in [0, 0.1) is 0 Å². The van der Waals surface area contributed by atoms with Gasteiger partial charge in [0.15, 0.2) is 0 Å². The van der Waals surface area contributed by atoms with Crippen LogP contribution in [0.25, 0.3) is 0 Å². The fraction of sp³-hybridized carbons (Fsp3) is 0.350. The number of hydrogen-bond donors (Lipinski definition) is 0.